The molecule has 4 N–H and O–H groups in total. The zero-order valence-corrected chi connectivity index (χ0v) is 38.9. The molecule has 0 bridgehead atoms. The van der Waals surface area contributed by atoms with E-state index in [9.17, 15) is 24.0 Å². The van der Waals surface area contributed by atoms with Crippen molar-refractivity contribution in [2.24, 2.45) is 11.8 Å². The lowest BCUT2D eigenvalue weighted by atomic mass is 10.1. The lowest BCUT2D eigenvalue weighted by Gasteiger charge is -2.24. The molecule has 2 aromatic heterocycles. The largest absolute Gasteiger partial charge is 0.444 e. The van der Waals surface area contributed by atoms with Crippen LogP contribution in [0.15, 0.2) is 47.5 Å². The standard InChI is InChI=1S/C18H21N5O.C15H25NOS.C13H23N3O4/c1-12(2)23-15-7-5-6-13(17(15)21-18(23)24)14-10-20-16(11-19-14)22-8-3-4-9-22;1-3-4-5-6-7-8-12-11-13(12)14(17)16-18-15(2)9-10-15;1-13(2,3)20-12(19)15-8-10(17)16-7-5-6-9(16)11(18)14-4/h5-7,10-12H,3-4,8-9H2,1-2H3,(H,21,24);7-8,12-13H,3-6,9-11H2,1-2H3,(H,16,17);9H,5-8H2,1-4H3,(H,14,18)(H,15,19)/b;8-7-;. The summed E-state index contributed by atoms with van der Waals surface area (Å²) in [6.45, 7) is 16.2. The van der Waals surface area contributed by atoms with Crippen molar-refractivity contribution in [2.75, 3.05) is 38.1 Å². The van der Waals surface area contributed by atoms with Crippen LogP contribution < -0.4 is 25.9 Å². The number of carbonyl (C=O) groups is 4. The van der Waals surface area contributed by atoms with Crippen molar-refractivity contribution in [3.8, 4) is 11.3 Å². The first-order valence-corrected chi connectivity index (χ1v) is 23.3. The van der Waals surface area contributed by atoms with Gasteiger partial charge in [-0.25, -0.2) is 14.6 Å². The molecule has 4 heterocycles. The zero-order valence-electron chi connectivity index (χ0n) is 38.1. The number of unbranched alkanes of at least 4 members (excludes halogenated alkanes) is 3. The number of fused-ring (bicyclic) bond motifs is 1. The van der Waals surface area contributed by atoms with Gasteiger partial charge in [-0.05, 0) is 123 Å². The summed E-state index contributed by atoms with van der Waals surface area (Å²) in [5, 5.41) is 4.95. The number of nitrogens with zero attached hydrogens (tertiary/aromatic N) is 5. The van der Waals surface area contributed by atoms with Crippen molar-refractivity contribution in [3.63, 3.8) is 0 Å². The second-order valence-electron chi connectivity index (χ2n) is 18.2. The van der Waals surface area contributed by atoms with Gasteiger partial charge in [-0.2, -0.15) is 0 Å². The van der Waals surface area contributed by atoms with Gasteiger partial charge in [-0.3, -0.25) is 28.7 Å². The Balaban J connectivity index is 0.000000178. The lowest BCUT2D eigenvalue weighted by molar-refractivity contribution is -0.137. The molecule has 3 atom stereocenters. The number of allylic oxidation sites excluding steroid dienone is 2. The first-order valence-electron chi connectivity index (χ1n) is 22.5. The molecule has 340 valence electrons. The fourth-order valence-corrected chi connectivity index (χ4v) is 8.36. The third-order valence-electron chi connectivity index (χ3n) is 11.4. The van der Waals surface area contributed by atoms with Crippen LogP contribution in [0, 0.1) is 11.8 Å². The molecule has 4 amide bonds. The molecule has 4 fully saturated rings. The van der Waals surface area contributed by atoms with Crippen LogP contribution >= 0.6 is 11.9 Å². The number of ether oxygens (including phenoxy) is 1. The molecule has 4 aliphatic rings. The number of likely N-dealkylation sites (tertiary alicyclic amines) is 1. The van der Waals surface area contributed by atoms with E-state index >= 15 is 0 Å². The van der Waals surface area contributed by atoms with Crippen molar-refractivity contribution < 1.29 is 23.9 Å². The van der Waals surface area contributed by atoms with Crippen LogP contribution in [0.3, 0.4) is 0 Å². The Labute approximate surface area is 371 Å². The predicted molar refractivity (Wildman–Crippen MR) is 247 cm³/mol. The summed E-state index contributed by atoms with van der Waals surface area (Å²) < 4.78 is 10.2. The molecule has 3 aromatic rings. The first kappa shape index (κ1) is 48.2. The van der Waals surface area contributed by atoms with Crippen molar-refractivity contribution in [3.05, 3.63) is 53.2 Å². The van der Waals surface area contributed by atoms with Crippen LogP contribution in [-0.2, 0) is 19.1 Å². The zero-order chi connectivity index (χ0) is 45.0. The Hall–Kier alpha value is -4.86. The fraction of sp³-hybridized carbons (Fsp3) is 0.630. The van der Waals surface area contributed by atoms with Gasteiger partial charge in [0.25, 0.3) is 0 Å². The summed E-state index contributed by atoms with van der Waals surface area (Å²) in [6.07, 6.45) is 20.0. The average molecular weight is 876 g/mol. The minimum atomic E-state index is -0.637. The van der Waals surface area contributed by atoms with Crippen LogP contribution in [0.1, 0.15) is 125 Å². The van der Waals surface area contributed by atoms with Crippen LogP contribution in [0.5, 0.6) is 0 Å². The Bertz CT molecular complexity index is 2060. The number of hydrogen-bond donors (Lipinski definition) is 4. The summed E-state index contributed by atoms with van der Waals surface area (Å²) in [6, 6.07) is 5.56. The number of alkyl carbamates (subject to hydrolysis) is 1. The maximum absolute atomic E-state index is 12.3. The number of aromatic amines is 1. The molecule has 2 aliphatic heterocycles. The van der Waals surface area contributed by atoms with E-state index in [1.807, 2.05) is 38.2 Å². The third kappa shape index (κ3) is 13.8. The summed E-state index contributed by atoms with van der Waals surface area (Å²) in [5.41, 5.74) is 2.71. The number of nitrogens with one attached hydrogen (secondary N) is 4. The van der Waals surface area contributed by atoms with E-state index in [2.05, 4.69) is 61.2 Å². The summed E-state index contributed by atoms with van der Waals surface area (Å²) in [4.78, 5) is 75.1. The Kier molecular flexibility index (Phi) is 17.1. The van der Waals surface area contributed by atoms with E-state index in [0.29, 0.717) is 23.6 Å². The molecule has 0 radical (unpaired) electrons. The maximum atomic E-state index is 12.3. The Morgan fingerprint density at radius 2 is 1.77 bits per heavy atom. The molecular weight excluding hydrogens is 807 g/mol. The van der Waals surface area contributed by atoms with Gasteiger partial charge in [-0.1, -0.05) is 44.1 Å². The highest BCUT2D eigenvalue weighted by Gasteiger charge is 2.44. The number of rotatable bonds is 14. The number of anilines is 1. The normalized spacial score (nSPS) is 20.0. The van der Waals surface area contributed by atoms with Crippen molar-refractivity contribution >= 4 is 52.6 Å². The molecule has 7 rings (SSSR count). The molecule has 2 saturated carbocycles. The minimum Gasteiger partial charge on any atom is -0.444 e. The number of amides is 4. The number of hydrogen-bond acceptors (Lipinski definition) is 10. The van der Waals surface area contributed by atoms with E-state index in [1.54, 1.807) is 50.5 Å². The number of para-hydroxylation sites is 1. The molecular formula is C46H69N9O6S. The van der Waals surface area contributed by atoms with E-state index in [-0.39, 0.29) is 41.9 Å². The number of H-pyrrole nitrogens is 1. The number of aromatic nitrogens is 4. The van der Waals surface area contributed by atoms with Gasteiger partial charge in [0, 0.05) is 49.0 Å². The highest BCUT2D eigenvalue weighted by molar-refractivity contribution is 7.99. The Morgan fingerprint density at radius 1 is 1.03 bits per heavy atom. The van der Waals surface area contributed by atoms with Crippen molar-refractivity contribution in [2.45, 2.75) is 142 Å². The predicted octanol–water partition coefficient (Wildman–Crippen LogP) is 7.29. The molecule has 62 heavy (non-hydrogen) atoms. The number of likely N-dealkylation sites (N-methyl/N-ethyl adjacent to an activating group) is 1. The van der Waals surface area contributed by atoms with E-state index in [1.165, 1.54) is 56.3 Å². The Morgan fingerprint density at radius 3 is 2.40 bits per heavy atom. The first-order chi connectivity index (χ1) is 29.5. The van der Waals surface area contributed by atoms with E-state index in [0.717, 1.165) is 54.0 Å². The second-order valence-corrected chi connectivity index (χ2v) is 19.6. The number of benzene rings is 1. The van der Waals surface area contributed by atoms with Gasteiger partial charge in [0.2, 0.25) is 17.7 Å². The summed E-state index contributed by atoms with van der Waals surface area (Å²) >= 11 is 1.63. The molecule has 1 aromatic carbocycles. The van der Waals surface area contributed by atoms with E-state index in [4.69, 9.17) is 4.74 Å². The van der Waals surface area contributed by atoms with Gasteiger partial charge in [0.15, 0.2) is 0 Å². The molecule has 16 heteroatoms. The highest BCUT2D eigenvalue weighted by Crippen LogP contribution is 2.47. The van der Waals surface area contributed by atoms with Gasteiger partial charge < -0.3 is 30.2 Å². The third-order valence-corrected chi connectivity index (χ3v) is 12.6. The summed E-state index contributed by atoms with van der Waals surface area (Å²) in [5.74, 6) is 1.49. The highest BCUT2D eigenvalue weighted by atomic mass is 32.2. The fourth-order valence-electron chi connectivity index (χ4n) is 7.55. The molecule has 2 aliphatic carbocycles. The van der Waals surface area contributed by atoms with Crippen LogP contribution in [0.4, 0.5) is 10.6 Å². The average Bonchev–Trinajstić information content (AvgIpc) is 3.91. The van der Waals surface area contributed by atoms with Crippen LogP contribution in [0.2, 0.25) is 0 Å². The SMILES string of the molecule is CC(C)n1c(=O)[nH]c2c(-c3cnc(N4CCCC4)cn3)cccc21.CCCCC/C=C\C1CC1C(=O)NSC1(C)CC1.CNC(=O)C1CCCN1C(=O)CNC(=O)OC(C)(C)C. The van der Waals surface area contributed by atoms with Gasteiger partial charge in [0.1, 0.15) is 24.0 Å². The van der Waals surface area contributed by atoms with Crippen LogP contribution in [-0.4, -0.2) is 97.9 Å². The molecule has 3 unspecified atom stereocenters. The monoisotopic (exact) mass is 876 g/mol. The molecule has 0 spiro atoms. The molecule has 15 nitrogen and oxygen atoms in total. The van der Waals surface area contributed by atoms with Crippen molar-refractivity contribution in [1.29, 1.82) is 0 Å². The number of carbonyl (C=O) groups excluding carboxylic acids is 4. The summed E-state index contributed by atoms with van der Waals surface area (Å²) in [7, 11) is 1.54. The molecule has 2 saturated heterocycles. The lowest BCUT2D eigenvalue weighted by Crippen LogP contribution is -2.48. The van der Waals surface area contributed by atoms with Gasteiger partial charge in [-0.15, -0.1) is 0 Å². The second kappa shape index (κ2) is 22.0. The van der Waals surface area contributed by atoms with Crippen molar-refractivity contribution in [1.82, 2.24) is 39.8 Å². The maximum Gasteiger partial charge on any atom is 0.408 e. The van der Waals surface area contributed by atoms with E-state index < -0.39 is 17.7 Å². The van der Waals surface area contributed by atoms with Crippen LogP contribution in [0.25, 0.3) is 22.3 Å². The quantitative estimate of drug-likeness (QED) is 0.0729. The smallest absolute Gasteiger partial charge is 0.408 e. The topological polar surface area (TPSA) is 184 Å². The van der Waals surface area contributed by atoms with Gasteiger partial charge >= 0.3 is 11.8 Å². The van der Waals surface area contributed by atoms with Gasteiger partial charge in [0.05, 0.1) is 29.1 Å². The number of imidazole rings is 1. The minimum absolute atomic E-state index is 0.0888.